The summed E-state index contributed by atoms with van der Waals surface area (Å²) in [7, 11) is 0. The number of anilines is 1. The Kier molecular flexibility index (Phi) is 12.1. The van der Waals surface area contributed by atoms with Crippen molar-refractivity contribution in [2.75, 3.05) is 18.4 Å². The highest BCUT2D eigenvalue weighted by Crippen LogP contribution is 2.24. The van der Waals surface area contributed by atoms with E-state index in [1.54, 1.807) is 19.1 Å². The average Bonchev–Trinajstić information content (AvgIpc) is 3.14. The Hall–Kier alpha value is -2.07. The molecule has 1 aliphatic rings. The smallest absolute Gasteiger partial charge is 0.248 e. The van der Waals surface area contributed by atoms with E-state index >= 15 is 0 Å². The van der Waals surface area contributed by atoms with Crippen molar-refractivity contribution in [1.82, 2.24) is 15.5 Å². The number of hydrogen-bond acceptors (Lipinski definition) is 6. The molecule has 1 aromatic carbocycles. The number of aliphatic hydroxyl groups excluding tert-OH is 1. The van der Waals surface area contributed by atoms with Gasteiger partial charge in [-0.15, -0.1) is 0 Å². The zero-order valence-electron chi connectivity index (χ0n) is 20.6. The first-order valence-electron chi connectivity index (χ1n) is 12.0. The molecule has 2 rings (SSSR count). The molecule has 0 bridgehead atoms. The molecule has 0 radical (unpaired) electrons. The van der Waals surface area contributed by atoms with Crippen LogP contribution in [-0.4, -0.2) is 59.1 Å². The van der Waals surface area contributed by atoms with Crippen molar-refractivity contribution in [2.45, 2.75) is 70.5 Å². The molecule has 0 spiro atoms. The molecule has 0 fully saturated rings. The molecule has 1 heterocycles. The van der Waals surface area contributed by atoms with Gasteiger partial charge in [-0.1, -0.05) is 37.9 Å². The fourth-order valence-corrected chi connectivity index (χ4v) is 4.06. The van der Waals surface area contributed by atoms with Crippen LogP contribution in [-0.2, 0) is 20.1 Å². The Morgan fingerprint density at radius 3 is 2.54 bits per heavy atom. The lowest BCUT2D eigenvalue weighted by Gasteiger charge is -2.25. The van der Waals surface area contributed by atoms with Crippen LogP contribution in [0.5, 0.6) is 0 Å². The van der Waals surface area contributed by atoms with E-state index in [1.807, 2.05) is 19.9 Å². The van der Waals surface area contributed by atoms with E-state index in [-0.39, 0.29) is 29.7 Å². The van der Waals surface area contributed by atoms with E-state index in [0.717, 1.165) is 18.4 Å². The molecule has 3 atom stereocenters. The Morgan fingerprint density at radius 1 is 1.20 bits per heavy atom. The number of carbonyl (C=O) groups is 3. The number of carbonyl (C=O) groups excluding carboxylic acids is 3. The first-order chi connectivity index (χ1) is 16.6. The van der Waals surface area contributed by atoms with Gasteiger partial charge in [0.15, 0.2) is 0 Å². The molecule has 4 N–H and O–H groups in total. The van der Waals surface area contributed by atoms with Crippen molar-refractivity contribution in [1.29, 1.82) is 0 Å². The van der Waals surface area contributed by atoms with Gasteiger partial charge >= 0.3 is 0 Å². The molecule has 3 amide bonds. The molecular weight excluding hydrogens is 488 g/mol. The van der Waals surface area contributed by atoms with E-state index in [2.05, 4.69) is 28.6 Å². The van der Waals surface area contributed by atoms with Crippen LogP contribution in [0.3, 0.4) is 0 Å². The van der Waals surface area contributed by atoms with Gasteiger partial charge in [-0.25, -0.2) is 0 Å². The third-order valence-corrected chi connectivity index (χ3v) is 6.66. The number of benzene rings is 1. The van der Waals surface area contributed by atoms with Crippen LogP contribution in [0.2, 0.25) is 5.02 Å². The maximum atomic E-state index is 12.6. The Morgan fingerprint density at radius 2 is 1.94 bits per heavy atom. The largest absolute Gasteiger partial charge is 0.370 e. The number of unbranched alkanes of at least 4 members (excludes halogenated alkanes) is 2. The van der Waals surface area contributed by atoms with Crippen LogP contribution < -0.4 is 16.0 Å². The molecule has 10 heteroatoms. The van der Waals surface area contributed by atoms with Crippen molar-refractivity contribution in [3.05, 3.63) is 40.9 Å². The Balaban J connectivity index is 1.70. The Bertz CT molecular complexity index is 911. The van der Waals surface area contributed by atoms with E-state index in [1.165, 1.54) is 17.1 Å². The third-order valence-electron chi connectivity index (χ3n) is 5.98. The predicted octanol–water partition coefficient (Wildman–Crippen LogP) is 3.10. The van der Waals surface area contributed by atoms with Crippen LogP contribution in [0.1, 0.15) is 52.0 Å². The molecule has 0 saturated carbocycles. The molecular formula is C25H37ClN4O4S. The van der Waals surface area contributed by atoms with Crippen LogP contribution in [0.4, 0.5) is 5.69 Å². The predicted molar refractivity (Wildman–Crippen MR) is 142 cm³/mol. The third kappa shape index (κ3) is 9.48. The molecule has 0 aromatic heterocycles. The van der Waals surface area contributed by atoms with E-state index in [9.17, 15) is 19.5 Å². The monoisotopic (exact) mass is 524 g/mol. The second-order valence-corrected chi connectivity index (χ2v) is 9.85. The highest BCUT2D eigenvalue weighted by molar-refractivity contribution is 7.79. The molecule has 194 valence electrons. The number of amides is 3. The summed E-state index contributed by atoms with van der Waals surface area (Å²) >= 11 is 10.5. The minimum absolute atomic E-state index is 0.0439. The van der Waals surface area contributed by atoms with Gasteiger partial charge in [0.2, 0.25) is 17.7 Å². The number of halogens is 1. The standard InChI is InChI=1S/C25H37ClN4O4S/c1-16(2)21(28-22(31)7-5-4-6-12-30-23(32)10-11-24(30)33)14-27-17(3)25(34)29-20-9-8-18(15-35)13-19(20)26/h8-11,13,16-17,21,23,27,32,35H,4-7,12,14-15H2,1-3H3,(H,28,31)(H,29,34)/t17-,21+,23?/m0/s1. The zero-order chi connectivity index (χ0) is 26.0. The maximum absolute atomic E-state index is 12.6. The van der Waals surface area contributed by atoms with Crippen molar-refractivity contribution in [3.8, 4) is 0 Å². The Labute approximate surface area is 218 Å². The van der Waals surface area contributed by atoms with Crippen molar-refractivity contribution in [3.63, 3.8) is 0 Å². The second kappa shape index (κ2) is 14.5. The summed E-state index contributed by atoms with van der Waals surface area (Å²) < 4.78 is 0. The zero-order valence-corrected chi connectivity index (χ0v) is 22.2. The van der Waals surface area contributed by atoms with Crippen LogP contribution in [0.15, 0.2) is 30.4 Å². The van der Waals surface area contributed by atoms with Crippen molar-refractivity contribution in [2.24, 2.45) is 5.92 Å². The summed E-state index contributed by atoms with van der Waals surface area (Å²) in [4.78, 5) is 38.0. The molecule has 0 aliphatic carbocycles. The van der Waals surface area contributed by atoms with E-state index < -0.39 is 12.3 Å². The van der Waals surface area contributed by atoms with Gasteiger partial charge in [0.1, 0.15) is 6.23 Å². The summed E-state index contributed by atoms with van der Waals surface area (Å²) in [5.74, 6) is 0.309. The number of aliphatic hydroxyl groups is 1. The molecule has 1 unspecified atom stereocenters. The number of rotatable bonds is 14. The van der Waals surface area contributed by atoms with Gasteiger partial charge in [0, 0.05) is 37.4 Å². The van der Waals surface area contributed by atoms with E-state index in [4.69, 9.17) is 11.6 Å². The number of nitrogens with zero attached hydrogens (tertiary/aromatic N) is 1. The summed E-state index contributed by atoms with van der Waals surface area (Å²) in [5.41, 5.74) is 1.51. The molecule has 0 saturated heterocycles. The number of thiol groups is 1. The topological polar surface area (TPSA) is 111 Å². The average molecular weight is 525 g/mol. The fourth-order valence-electron chi connectivity index (χ4n) is 3.61. The van der Waals surface area contributed by atoms with Crippen LogP contribution >= 0.6 is 24.2 Å². The molecule has 8 nitrogen and oxygen atoms in total. The van der Waals surface area contributed by atoms with Crippen molar-refractivity contribution < 1.29 is 19.5 Å². The van der Waals surface area contributed by atoms with Gasteiger partial charge in [0.05, 0.1) is 16.8 Å². The van der Waals surface area contributed by atoms with Gasteiger partial charge in [-0.3, -0.25) is 14.4 Å². The molecule has 35 heavy (non-hydrogen) atoms. The number of nitrogens with one attached hydrogen (secondary N) is 3. The first-order valence-corrected chi connectivity index (χ1v) is 13.0. The highest BCUT2D eigenvalue weighted by atomic mass is 35.5. The van der Waals surface area contributed by atoms with Crippen molar-refractivity contribution >= 4 is 47.6 Å². The molecule has 1 aliphatic heterocycles. The summed E-state index contributed by atoms with van der Waals surface area (Å²) in [5, 5.41) is 19.2. The lowest BCUT2D eigenvalue weighted by molar-refractivity contribution is -0.131. The lowest BCUT2D eigenvalue weighted by atomic mass is 10.0. The van der Waals surface area contributed by atoms with Gasteiger partial charge in [0.25, 0.3) is 0 Å². The minimum Gasteiger partial charge on any atom is -0.370 e. The second-order valence-electron chi connectivity index (χ2n) is 9.12. The van der Waals surface area contributed by atoms with E-state index in [0.29, 0.717) is 42.4 Å². The normalized spacial score (nSPS) is 17.1. The summed E-state index contributed by atoms with van der Waals surface area (Å²) in [6.45, 7) is 6.73. The summed E-state index contributed by atoms with van der Waals surface area (Å²) in [6.07, 6.45) is 4.58. The quantitative estimate of drug-likeness (QED) is 0.190. The van der Waals surface area contributed by atoms with Crippen LogP contribution in [0, 0.1) is 5.92 Å². The minimum atomic E-state index is -0.842. The van der Waals surface area contributed by atoms with Gasteiger partial charge in [-0.2, -0.15) is 12.6 Å². The van der Waals surface area contributed by atoms with Gasteiger partial charge in [-0.05, 0) is 49.5 Å². The van der Waals surface area contributed by atoms with Crippen LogP contribution in [0.25, 0.3) is 0 Å². The maximum Gasteiger partial charge on any atom is 0.248 e. The summed E-state index contributed by atoms with van der Waals surface area (Å²) in [6, 6.07) is 4.80. The highest BCUT2D eigenvalue weighted by Gasteiger charge is 2.23. The first kappa shape index (κ1) is 29.2. The number of hydrogen-bond donors (Lipinski definition) is 5. The lowest BCUT2D eigenvalue weighted by Crippen LogP contribution is -2.49. The van der Waals surface area contributed by atoms with Gasteiger partial charge < -0.3 is 26.0 Å². The fraction of sp³-hybridized carbons (Fsp3) is 0.560. The molecule has 1 aromatic rings. The SMILES string of the molecule is CC(C)[C@@H](CN[C@@H](C)C(=O)Nc1ccc(CS)cc1Cl)NC(=O)CCCCCN1C(=O)C=CC1O.